The van der Waals surface area contributed by atoms with Gasteiger partial charge in [0.05, 0.1) is 11.1 Å². The maximum Gasteiger partial charge on any atom is 0.418 e. The van der Waals surface area contributed by atoms with Gasteiger partial charge in [0.25, 0.3) is 5.91 Å². The van der Waals surface area contributed by atoms with Crippen molar-refractivity contribution in [3.05, 3.63) is 29.6 Å². The van der Waals surface area contributed by atoms with Crippen LogP contribution < -0.4 is 5.32 Å². The second-order valence-corrected chi connectivity index (χ2v) is 2.78. The van der Waals surface area contributed by atoms with Gasteiger partial charge in [-0.05, 0) is 13.0 Å². The molecule has 0 radical (unpaired) electrons. The van der Waals surface area contributed by atoms with Gasteiger partial charge in [0.1, 0.15) is 0 Å². The molecule has 3 nitrogen and oxygen atoms in total. The van der Waals surface area contributed by atoms with Gasteiger partial charge in [-0.2, -0.15) is 13.2 Å². The lowest BCUT2D eigenvalue weighted by Crippen LogP contribution is -2.26. The number of halogens is 3. The van der Waals surface area contributed by atoms with Crippen molar-refractivity contribution < 1.29 is 18.0 Å². The Morgan fingerprint density at radius 3 is 2.73 bits per heavy atom. The Morgan fingerprint density at radius 2 is 2.20 bits per heavy atom. The van der Waals surface area contributed by atoms with E-state index in [0.29, 0.717) is 6.20 Å². The number of pyridine rings is 1. The summed E-state index contributed by atoms with van der Waals surface area (Å²) in [4.78, 5) is 14.6. The first-order valence-electron chi connectivity index (χ1n) is 4.26. The molecule has 82 valence electrons. The minimum absolute atomic E-state index is 0.276. The maximum absolute atomic E-state index is 12.4. The number of hydrogen-bond acceptors (Lipinski definition) is 2. The molecule has 0 spiro atoms. The van der Waals surface area contributed by atoms with Crippen LogP contribution in [0.15, 0.2) is 18.5 Å². The van der Waals surface area contributed by atoms with Gasteiger partial charge in [0.15, 0.2) is 0 Å². The summed E-state index contributed by atoms with van der Waals surface area (Å²) in [5.41, 5.74) is -1.42. The van der Waals surface area contributed by atoms with Crippen LogP contribution in [0.5, 0.6) is 0 Å². The van der Waals surface area contributed by atoms with E-state index >= 15 is 0 Å². The van der Waals surface area contributed by atoms with Crippen LogP contribution in [0, 0.1) is 0 Å². The van der Waals surface area contributed by atoms with E-state index in [4.69, 9.17) is 0 Å². The van der Waals surface area contributed by atoms with Gasteiger partial charge < -0.3 is 5.32 Å². The van der Waals surface area contributed by atoms with E-state index in [2.05, 4.69) is 10.3 Å². The van der Waals surface area contributed by atoms with E-state index < -0.39 is 23.2 Å². The van der Waals surface area contributed by atoms with Gasteiger partial charge in [-0.25, -0.2) is 0 Å². The number of aromatic nitrogens is 1. The molecule has 0 aromatic carbocycles. The van der Waals surface area contributed by atoms with Gasteiger partial charge in [-0.15, -0.1) is 0 Å². The van der Waals surface area contributed by atoms with Crippen molar-refractivity contribution in [1.29, 1.82) is 0 Å². The summed E-state index contributed by atoms with van der Waals surface area (Å²) in [5, 5.41) is 2.31. The number of rotatable bonds is 2. The lowest BCUT2D eigenvalue weighted by atomic mass is 10.1. The van der Waals surface area contributed by atoms with E-state index in [-0.39, 0.29) is 6.54 Å². The molecule has 0 unspecified atom stereocenters. The van der Waals surface area contributed by atoms with Crippen molar-refractivity contribution in [2.75, 3.05) is 6.54 Å². The van der Waals surface area contributed by atoms with E-state index in [9.17, 15) is 18.0 Å². The number of carbonyl (C=O) groups excluding carboxylic acids is 1. The largest absolute Gasteiger partial charge is 0.418 e. The van der Waals surface area contributed by atoms with Gasteiger partial charge in [-0.3, -0.25) is 9.78 Å². The normalized spacial score (nSPS) is 11.2. The summed E-state index contributed by atoms with van der Waals surface area (Å²) in [6, 6.07) is 1.05. The molecular formula is C9H9F3N2O. The predicted octanol–water partition coefficient (Wildman–Crippen LogP) is 1.85. The van der Waals surface area contributed by atoms with Crippen LogP contribution in [0.1, 0.15) is 22.8 Å². The molecule has 0 saturated heterocycles. The predicted molar refractivity (Wildman–Crippen MR) is 47.2 cm³/mol. The molecular weight excluding hydrogens is 209 g/mol. The lowest BCUT2D eigenvalue weighted by molar-refractivity contribution is -0.138. The molecule has 6 heteroatoms. The number of hydrogen-bond donors (Lipinski definition) is 1. The zero-order valence-electron chi connectivity index (χ0n) is 7.93. The van der Waals surface area contributed by atoms with Crippen LogP contribution in [0.3, 0.4) is 0 Å². The molecule has 0 atom stereocenters. The Kier molecular flexibility index (Phi) is 3.28. The minimum Gasteiger partial charge on any atom is -0.352 e. The number of nitrogens with zero attached hydrogens (tertiary/aromatic N) is 1. The summed E-state index contributed by atoms with van der Waals surface area (Å²) in [5.74, 6) is -0.743. The molecule has 1 rings (SSSR count). The highest BCUT2D eigenvalue weighted by Crippen LogP contribution is 2.31. The van der Waals surface area contributed by atoms with Crippen LogP contribution in [0.25, 0.3) is 0 Å². The van der Waals surface area contributed by atoms with Gasteiger partial charge >= 0.3 is 6.18 Å². The van der Waals surface area contributed by atoms with E-state index in [1.54, 1.807) is 6.92 Å². The topological polar surface area (TPSA) is 42.0 Å². The summed E-state index contributed by atoms with van der Waals surface area (Å²) in [7, 11) is 0. The molecule has 0 saturated carbocycles. The fourth-order valence-corrected chi connectivity index (χ4v) is 1.07. The van der Waals surface area contributed by atoms with Crippen LogP contribution in [0.4, 0.5) is 13.2 Å². The molecule has 0 fully saturated rings. The smallest absolute Gasteiger partial charge is 0.352 e. The Hall–Kier alpha value is -1.59. The second-order valence-electron chi connectivity index (χ2n) is 2.78. The van der Waals surface area contributed by atoms with Gasteiger partial charge in [-0.1, -0.05) is 0 Å². The third-order valence-corrected chi connectivity index (χ3v) is 1.71. The first kappa shape index (κ1) is 11.5. The number of amides is 1. The van der Waals surface area contributed by atoms with Crippen LogP contribution >= 0.6 is 0 Å². The highest BCUT2D eigenvalue weighted by atomic mass is 19.4. The van der Waals surface area contributed by atoms with Crippen molar-refractivity contribution in [1.82, 2.24) is 10.3 Å². The monoisotopic (exact) mass is 218 g/mol. The molecule has 0 aliphatic rings. The molecule has 0 aliphatic heterocycles. The molecule has 1 N–H and O–H groups in total. The molecule has 1 amide bonds. The summed E-state index contributed by atoms with van der Waals surface area (Å²) in [6.45, 7) is 1.91. The van der Waals surface area contributed by atoms with Crippen molar-refractivity contribution in [3.8, 4) is 0 Å². The minimum atomic E-state index is -4.56. The SMILES string of the molecule is CCNC(=O)c1ccncc1C(F)(F)F. The standard InChI is InChI=1S/C9H9F3N2O/c1-2-14-8(15)6-3-4-13-5-7(6)9(10,11)12/h3-5H,2H2,1H3,(H,14,15). The molecule has 15 heavy (non-hydrogen) atoms. The van der Waals surface area contributed by atoms with Crippen LogP contribution in [-0.4, -0.2) is 17.4 Å². The zero-order chi connectivity index (χ0) is 11.5. The van der Waals surface area contributed by atoms with E-state index in [0.717, 1.165) is 12.3 Å². The fraction of sp³-hybridized carbons (Fsp3) is 0.333. The Labute approximate surface area is 84.3 Å². The molecule has 0 bridgehead atoms. The third kappa shape index (κ3) is 2.68. The summed E-state index contributed by atoms with van der Waals surface area (Å²) < 4.78 is 37.3. The maximum atomic E-state index is 12.4. The Bertz CT molecular complexity index is 363. The summed E-state index contributed by atoms with van der Waals surface area (Å²) in [6.07, 6.45) is -2.76. The zero-order valence-corrected chi connectivity index (χ0v) is 7.93. The highest BCUT2D eigenvalue weighted by Gasteiger charge is 2.35. The summed E-state index contributed by atoms with van der Waals surface area (Å²) >= 11 is 0. The van der Waals surface area contributed by atoms with Gasteiger partial charge in [0.2, 0.25) is 0 Å². The Balaban J connectivity index is 3.12. The first-order chi connectivity index (χ1) is 6.96. The van der Waals surface area contributed by atoms with E-state index in [1.165, 1.54) is 0 Å². The van der Waals surface area contributed by atoms with Crippen LogP contribution in [0.2, 0.25) is 0 Å². The highest BCUT2D eigenvalue weighted by molar-refractivity contribution is 5.95. The quantitative estimate of drug-likeness (QED) is 0.823. The average Bonchev–Trinajstić information content (AvgIpc) is 2.17. The third-order valence-electron chi connectivity index (χ3n) is 1.71. The molecule has 1 aromatic rings. The van der Waals surface area contributed by atoms with Crippen molar-refractivity contribution in [2.24, 2.45) is 0 Å². The lowest BCUT2D eigenvalue weighted by Gasteiger charge is -2.11. The van der Waals surface area contributed by atoms with Crippen molar-refractivity contribution in [2.45, 2.75) is 13.1 Å². The first-order valence-corrected chi connectivity index (χ1v) is 4.26. The van der Waals surface area contributed by atoms with Crippen molar-refractivity contribution in [3.63, 3.8) is 0 Å². The molecule has 1 aromatic heterocycles. The Morgan fingerprint density at radius 1 is 1.53 bits per heavy atom. The molecule has 1 heterocycles. The number of alkyl halides is 3. The number of carbonyl (C=O) groups is 1. The number of nitrogens with one attached hydrogen (secondary N) is 1. The van der Waals surface area contributed by atoms with E-state index in [1.807, 2.05) is 0 Å². The second kappa shape index (κ2) is 4.29. The fourth-order valence-electron chi connectivity index (χ4n) is 1.07. The molecule has 0 aliphatic carbocycles. The van der Waals surface area contributed by atoms with Crippen LogP contribution in [-0.2, 0) is 6.18 Å². The van der Waals surface area contributed by atoms with Gasteiger partial charge in [0, 0.05) is 18.9 Å². The average molecular weight is 218 g/mol. The van der Waals surface area contributed by atoms with Crippen molar-refractivity contribution >= 4 is 5.91 Å².